The molecule has 2 aromatic rings. The van der Waals surface area contributed by atoms with Crippen LogP contribution >= 0.6 is 0 Å². The highest BCUT2D eigenvalue weighted by atomic mass is 19.1. The number of nitrogen functional groups attached to an aromatic ring is 1. The smallest absolute Gasteiger partial charge is 0.253 e. The molecule has 0 saturated carbocycles. The molecule has 21 heavy (non-hydrogen) atoms. The van der Waals surface area contributed by atoms with E-state index in [0.29, 0.717) is 17.7 Å². The number of nitrogens with zero attached hydrogens (tertiary/aromatic N) is 2. The van der Waals surface area contributed by atoms with E-state index in [0.717, 1.165) is 5.56 Å². The van der Waals surface area contributed by atoms with Crippen LogP contribution in [0.3, 0.4) is 0 Å². The van der Waals surface area contributed by atoms with Gasteiger partial charge in [-0.25, -0.2) is 4.39 Å². The first-order chi connectivity index (χ1) is 10.0. The summed E-state index contributed by atoms with van der Waals surface area (Å²) < 4.78 is 13.1. The lowest BCUT2D eigenvalue weighted by atomic mass is 10.1. The van der Waals surface area contributed by atoms with Crippen molar-refractivity contribution in [2.75, 3.05) is 12.8 Å². The SMILES string of the molecule is CN(Cc1cccc(C#N)c1)C(=O)c1ccc(F)c(N)c1. The maximum atomic E-state index is 13.1. The van der Waals surface area contributed by atoms with E-state index in [2.05, 4.69) is 6.07 Å². The van der Waals surface area contributed by atoms with Gasteiger partial charge in [-0.2, -0.15) is 5.26 Å². The van der Waals surface area contributed by atoms with Gasteiger partial charge in [-0.15, -0.1) is 0 Å². The first kappa shape index (κ1) is 14.5. The summed E-state index contributed by atoms with van der Waals surface area (Å²) in [5, 5.41) is 8.86. The van der Waals surface area contributed by atoms with Crippen LogP contribution in [0.2, 0.25) is 0 Å². The minimum Gasteiger partial charge on any atom is -0.396 e. The van der Waals surface area contributed by atoms with Crippen molar-refractivity contribution in [2.45, 2.75) is 6.54 Å². The van der Waals surface area contributed by atoms with Crippen molar-refractivity contribution in [1.29, 1.82) is 5.26 Å². The summed E-state index contributed by atoms with van der Waals surface area (Å²) >= 11 is 0. The minimum absolute atomic E-state index is 0.0549. The fourth-order valence-corrected chi connectivity index (χ4v) is 1.98. The molecule has 2 aromatic carbocycles. The van der Waals surface area contributed by atoms with E-state index in [9.17, 15) is 9.18 Å². The third-order valence-electron chi connectivity index (χ3n) is 3.07. The van der Waals surface area contributed by atoms with Crippen molar-refractivity contribution < 1.29 is 9.18 Å². The quantitative estimate of drug-likeness (QED) is 0.880. The Kier molecular flexibility index (Phi) is 4.19. The van der Waals surface area contributed by atoms with E-state index in [1.54, 1.807) is 25.2 Å². The van der Waals surface area contributed by atoms with Gasteiger partial charge in [0.25, 0.3) is 5.91 Å². The Hall–Kier alpha value is -2.87. The Morgan fingerprint density at radius 3 is 2.76 bits per heavy atom. The number of nitriles is 1. The fourth-order valence-electron chi connectivity index (χ4n) is 1.98. The van der Waals surface area contributed by atoms with E-state index in [1.807, 2.05) is 6.07 Å². The predicted molar refractivity (Wildman–Crippen MR) is 77.8 cm³/mol. The van der Waals surface area contributed by atoms with Crippen molar-refractivity contribution in [1.82, 2.24) is 4.90 Å². The lowest BCUT2D eigenvalue weighted by molar-refractivity contribution is 0.0785. The molecule has 106 valence electrons. The number of carbonyl (C=O) groups excluding carboxylic acids is 1. The summed E-state index contributed by atoms with van der Waals surface area (Å²) in [7, 11) is 1.64. The first-order valence-electron chi connectivity index (χ1n) is 6.31. The van der Waals surface area contributed by atoms with Gasteiger partial charge in [0.15, 0.2) is 0 Å². The molecular weight excluding hydrogens is 269 g/mol. The average molecular weight is 283 g/mol. The zero-order chi connectivity index (χ0) is 15.4. The van der Waals surface area contributed by atoms with E-state index in [-0.39, 0.29) is 11.6 Å². The van der Waals surface area contributed by atoms with Crippen LogP contribution in [0.5, 0.6) is 0 Å². The summed E-state index contributed by atoms with van der Waals surface area (Å²) in [6.45, 7) is 0.353. The summed E-state index contributed by atoms with van der Waals surface area (Å²) in [6.07, 6.45) is 0. The minimum atomic E-state index is -0.545. The number of halogens is 1. The van der Waals surface area contributed by atoms with Crippen LogP contribution < -0.4 is 5.73 Å². The van der Waals surface area contributed by atoms with Crippen molar-refractivity contribution in [3.05, 3.63) is 65.0 Å². The molecule has 0 radical (unpaired) electrons. The van der Waals surface area contributed by atoms with Gasteiger partial charge in [0, 0.05) is 19.2 Å². The van der Waals surface area contributed by atoms with Crippen LogP contribution in [0.4, 0.5) is 10.1 Å². The fraction of sp³-hybridized carbons (Fsp3) is 0.125. The summed E-state index contributed by atoms with van der Waals surface area (Å²) in [6, 6.07) is 13.0. The number of carbonyl (C=O) groups is 1. The Morgan fingerprint density at radius 1 is 1.33 bits per heavy atom. The molecule has 0 atom stereocenters. The molecule has 0 aliphatic carbocycles. The second-order valence-corrected chi connectivity index (χ2v) is 4.71. The zero-order valence-corrected chi connectivity index (χ0v) is 11.5. The highest BCUT2D eigenvalue weighted by Gasteiger charge is 2.13. The monoisotopic (exact) mass is 283 g/mol. The Labute approximate surface area is 122 Å². The molecule has 0 aliphatic rings. The lowest BCUT2D eigenvalue weighted by Crippen LogP contribution is -2.26. The van der Waals surface area contributed by atoms with Crippen LogP contribution in [0, 0.1) is 17.1 Å². The van der Waals surface area contributed by atoms with Crippen LogP contribution in [-0.2, 0) is 6.54 Å². The molecule has 0 aromatic heterocycles. The standard InChI is InChI=1S/C16H14FN3O/c1-20(10-12-4-2-3-11(7-12)9-18)16(21)13-5-6-14(17)15(19)8-13/h2-8H,10,19H2,1H3. The lowest BCUT2D eigenvalue weighted by Gasteiger charge is -2.17. The third kappa shape index (κ3) is 3.37. The molecule has 2 rings (SSSR count). The van der Waals surface area contributed by atoms with Gasteiger partial charge >= 0.3 is 0 Å². The van der Waals surface area contributed by atoms with Crippen LogP contribution in [0.1, 0.15) is 21.5 Å². The molecule has 0 bridgehead atoms. The largest absolute Gasteiger partial charge is 0.396 e. The number of hydrogen-bond donors (Lipinski definition) is 1. The van der Waals surface area contributed by atoms with Crippen LogP contribution in [0.25, 0.3) is 0 Å². The molecule has 0 saturated heterocycles. The molecule has 0 spiro atoms. The molecular formula is C16H14FN3O. The first-order valence-corrected chi connectivity index (χ1v) is 6.31. The number of rotatable bonds is 3. The zero-order valence-electron chi connectivity index (χ0n) is 11.5. The van der Waals surface area contributed by atoms with Gasteiger partial charge in [-0.3, -0.25) is 4.79 Å². The Morgan fingerprint density at radius 2 is 2.10 bits per heavy atom. The van der Waals surface area contributed by atoms with Gasteiger partial charge in [0.05, 0.1) is 17.3 Å². The van der Waals surface area contributed by atoms with E-state index in [1.165, 1.54) is 23.1 Å². The summed E-state index contributed by atoms with van der Waals surface area (Å²) in [4.78, 5) is 13.7. The summed E-state index contributed by atoms with van der Waals surface area (Å²) in [5.74, 6) is -0.806. The second kappa shape index (κ2) is 6.06. The number of nitrogens with two attached hydrogens (primary N) is 1. The highest BCUT2D eigenvalue weighted by Crippen LogP contribution is 2.15. The molecule has 0 unspecified atom stereocenters. The van der Waals surface area contributed by atoms with Crippen molar-refractivity contribution >= 4 is 11.6 Å². The van der Waals surface area contributed by atoms with E-state index in [4.69, 9.17) is 11.0 Å². The molecule has 5 heteroatoms. The van der Waals surface area contributed by atoms with Gasteiger partial charge in [-0.05, 0) is 35.9 Å². The molecule has 1 amide bonds. The van der Waals surface area contributed by atoms with E-state index < -0.39 is 5.82 Å². The molecule has 4 nitrogen and oxygen atoms in total. The molecule has 0 fully saturated rings. The van der Waals surface area contributed by atoms with Gasteiger partial charge in [0.1, 0.15) is 5.82 Å². The molecule has 0 heterocycles. The topological polar surface area (TPSA) is 70.1 Å². The Bertz CT molecular complexity index is 722. The van der Waals surface area contributed by atoms with Crippen LogP contribution in [0.15, 0.2) is 42.5 Å². The number of hydrogen-bond acceptors (Lipinski definition) is 3. The highest BCUT2D eigenvalue weighted by molar-refractivity contribution is 5.94. The average Bonchev–Trinajstić information content (AvgIpc) is 2.49. The number of amides is 1. The maximum Gasteiger partial charge on any atom is 0.253 e. The van der Waals surface area contributed by atoms with Crippen LogP contribution in [-0.4, -0.2) is 17.9 Å². The number of benzene rings is 2. The third-order valence-corrected chi connectivity index (χ3v) is 3.07. The van der Waals surface area contributed by atoms with Crippen molar-refractivity contribution in [3.63, 3.8) is 0 Å². The number of anilines is 1. The maximum absolute atomic E-state index is 13.1. The molecule has 2 N–H and O–H groups in total. The van der Waals surface area contributed by atoms with Gasteiger partial charge < -0.3 is 10.6 Å². The predicted octanol–water partition coefficient (Wildman–Crippen LogP) is 2.55. The Balaban J connectivity index is 2.15. The molecule has 0 aliphatic heterocycles. The second-order valence-electron chi connectivity index (χ2n) is 4.71. The van der Waals surface area contributed by atoms with Crippen molar-refractivity contribution in [3.8, 4) is 6.07 Å². The van der Waals surface area contributed by atoms with Crippen molar-refractivity contribution in [2.24, 2.45) is 0 Å². The summed E-state index contributed by atoms with van der Waals surface area (Å²) in [5.41, 5.74) is 7.13. The van der Waals surface area contributed by atoms with Gasteiger partial charge in [-0.1, -0.05) is 12.1 Å². The van der Waals surface area contributed by atoms with E-state index >= 15 is 0 Å². The van der Waals surface area contributed by atoms with Gasteiger partial charge in [0.2, 0.25) is 0 Å². The normalized spacial score (nSPS) is 9.95.